The highest BCUT2D eigenvalue weighted by Crippen LogP contribution is 2.25. The third-order valence-corrected chi connectivity index (χ3v) is 3.20. The molecular formula is C6H2Br2ClNO. The Labute approximate surface area is 85.2 Å². The summed E-state index contributed by atoms with van der Waals surface area (Å²) in [6.45, 7) is 0. The van der Waals surface area contributed by atoms with Gasteiger partial charge in [-0.05, 0) is 49.5 Å². The van der Waals surface area contributed by atoms with Crippen LogP contribution in [0.25, 0.3) is 0 Å². The number of pyridine rings is 1. The molecule has 0 amide bonds. The van der Waals surface area contributed by atoms with Crippen molar-refractivity contribution in [2.24, 2.45) is 0 Å². The van der Waals surface area contributed by atoms with Crippen molar-refractivity contribution in [1.82, 2.24) is 4.98 Å². The Morgan fingerprint density at radius 3 is 2.64 bits per heavy atom. The van der Waals surface area contributed by atoms with Gasteiger partial charge in [-0.1, -0.05) is 0 Å². The van der Waals surface area contributed by atoms with Crippen molar-refractivity contribution in [2.75, 3.05) is 0 Å². The Hall–Kier alpha value is 0.0700. The van der Waals surface area contributed by atoms with Gasteiger partial charge in [-0.25, -0.2) is 0 Å². The van der Waals surface area contributed by atoms with E-state index in [2.05, 4.69) is 36.8 Å². The van der Waals surface area contributed by atoms with Gasteiger partial charge < -0.3 is 0 Å². The molecule has 1 rings (SSSR count). The number of carbonyl (C=O) groups is 1. The summed E-state index contributed by atoms with van der Waals surface area (Å²) in [6.07, 6.45) is 1.50. The Morgan fingerprint density at radius 1 is 1.55 bits per heavy atom. The van der Waals surface area contributed by atoms with E-state index >= 15 is 0 Å². The maximum absolute atomic E-state index is 10.7. The molecule has 11 heavy (non-hydrogen) atoms. The average molecular weight is 299 g/mol. The largest absolute Gasteiger partial charge is 0.274 e. The molecule has 0 N–H and O–H groups in total. The summed E-state index contributed by atoms with van der Waals surface area (Å²) in [7, 11) is 0. The van der Waals surface area contributed by atoms with E-state index < -0.39 is 5.24 Å². The maximum atomic E-state index is 10.7. The molecule has 0 aliphatic heterocycles. The van der Waals surface area contributed by atoms with Crippen molar-refractivity contribution in [2.45, 2.75) is 0 Å². The van der Waals surface area contributed by atoms with E-state index in [0.29, 0.717) is 4.47 Å². The first-order valence-electron chi connectivity index (χ1n) is 2.62. The van der Waals surface area contributed by atoms with Gasteiger partial charge in [0.05, 0.1) is 4.47 Å². The van der Waals surface area contributed by atoms with Crippen LogP contribution in [-0.2, 0) is 0 Å². The fraction of sp³-hybridized carbons (Fsp3) is 0. The van der Waals surface area contributed by atoms with E-state index in [1.807, 2.05) is 0 Å². The van der Waals surface area contributed by atoms with Crippen molar-refractivity contribution >= 4 is 48.7 Å². The van der Waals surface area contributed by atoms with Crippen LogP contribution in [0.15, 0.2) is 21.2 Å². The van der Waals surface area contributed by atoms with Gasteiger partial charge >= 0.3 is 0 Å². The second-order valence-corrected chi connectivity index (χ2v) is 3.72. The molecule has 0 saturated heterocycles. The quantitative estimate of drug-likeness (QED) is 0.746. The molecule has 0 radical (unpaired) electrons. The van der Waals surface area contributed by atoms with Crippen molar-refractivity contribution in [3.63, 3.8) is 0 Å². The van der Waals surface area contributed by atoms with Gasteiger partial charge in [-0.2, -0.15) is 0 Å². The van der Waals surface area contributed by atoms with Crippen LogP contribution < -0.4 is 0 Å². The second-order valence-electron chi connectivity index (χ2n) is 1.73. The topological polar surface area (TPSA) is 30.0 Å². The first-order chi connectivity index (χ1) is 5.13. The van der Waals surface area contributed by atoms with Gasteiger partial charge in [-0.15, -0.1) is 0 Å². The molecule has 1 heterocycles. The van der Waals surface area contributed by atoms with Gasteiger partial charge in [0.15, 0.2) is 0 Å². The average Bonchev–Trinajstić information content (AvgIpc) is 1.94. The molecule has 0 spiro atoms. The maximum Gasteiger partial charge on any atom is 0.272 e. The molecular weight excluding hydrogens is 297 g/mol. The van der Waals surface area contributed by atoms with Crippen molar-refractivity contribution < 1.29 is 4.79 Å². The van der Waals surface area contributed by atoms with Crippen LogP contribution >= 0.6 is 43.5 Å². The van der Waals surface area contributed by atoms with Gasteiger partial charge in [0.25, 0.3) is 5.24 Å². The lowest BCUT2D eigenvalue weighted by molar-refractivity contribution is 0.107. The molecule has 1 aromatic rings. The zero-order chi connectivity index (χ0) is 8.43. The third-order valence-electron chi connectivity index (χ3n) is 1.03. The summed E-state index contributed by atoms with van der Waals surface area (Å²) in [5.41, 5.74) is 0.223. The minimum atomic E-state index is -0.571. The van der Waals surface area contributed by atoms with E-state index in [1.54, 1.807) is 6.07 Å². The number of nitrogens with zero attached hydrogens (tertiary/aromatic N) is 1. The summed E-state index contributed by atoms with van der Waals surface area (Å²) in [4.78, 5) is 14.5. The molecule has 0 aromatic carbocycles. The van der Waals surface area contributed by atoms with E-state index in [1.165, 1.54) is 6.20 Å². The normalized spacial score (nSPS) is 9.73. The molecule has 0 fully saturated rings. The fourth-order valence-electron chi connectivity index (χ4n) is 0.557. The highest BCUT2D eigenvalue weighted by Gasteiger charge is 2.10. The number of hydrogen-bond acceptors (Lipinski definition) is 2. The number of hydrogen-bond donors (Lipinski definition) is 0. The van der Waals surface area contributed by atoms with Crippen molar-refractivity contribution in [3.8, 4) is 0 Å². The molecule has 0 aliphatic rings. The van der Waals surface area contributed by atoms with Crippen LogP contribution in [0.1, 0.15) is 10.5 Å². The second kappa shape index (κ2) is 3.65. The van der Waals surface area contributed by atoms with Crippen LogP contribution in [0.4, 0.5) is 0 Å². The zero-order valence-corrected chi connectivity index (χ0v) is 9.07. The van der Waals surface area contributed by atoms with Crippen LogP contribution in [0.3, 0.4) is 0 Å². The predicted molar refractivity (Wildman–Crippen MR) is 49.8 cm³/mol. The molecule has 0 saturated carbocycles. The molecule has 0 atom stereocenters. The first kappa shape index (κ1) is 9.16. The number of aromatic nitrogens is 1. The minimum absolute atomic E-state index is 0.223. The molecule has 0 aliphatic carbocycles. The Bertz CT molecular complexity index is 303. The SMILES string of the molecule is O=C(Cl)c1nccc(Br)c1Br. The van der Waals surface area contributed by atoms with E-state index in [4.69, 9.17) is 11.6 Å². The molecule has 1 aromatic heterocycles. The Morgan fingerprint density at radius 2 is 2.18 bits per heavy atom. The van der Waals surface area contributed by atoms with Crippen molar-refractivity contribution in [1.29, 1.82) is 0 Å². The zero-order valence-electron chi connectivity index (χ0n) is 5.14. The fourth-order valence-corrected chi connectivity index (χ4v) is 1.54. The lowest BCUT2D eigenvalue weighted by Gasteiger charge is -1.97. The summed E-state index contributed by atoms with van der Waals surface area (Å²) in [5, 5.41) is -0.571. The Kier molecular flexibility index (Phi) is 3.04. The number of rotatable bonds is 1. The van der Waals surface area contributed by atoms with E-state index in [0.717, 1.165) is 4.47 Å². The standard InChI is InChI=1S/C6H2Br2ClNO/c7-3-1-2-10-5(4(3)8)6(9)11/h1-2H. The summed E-state index contributed by atoms with van der Waals surface area (Å²) >= 11 is 11.6. The van der Waals surface area contributed by atoms with E-state index in [9.17, 15) is 4.79 Å². The number of halogens is 3. The Balaban J connectivity index is 3.27. The van der Waals surface area contributed by atoms with Gasteiger partial charge in [0.1, 0.15) is 5.69 Å². The monoisotopic (exact) mass is 297 g/mol. The summed E-state index contributed by atoms with van der Waals surface area (Å²) in [6, 6.07) is 1.72. The molecule has 0 unspecified atom stereocenters. The van der Waals surface area contributed by atoms with Crippen molar-refractivity contribution in [3.05, 3.63) is 26.9 Å². The van der Waals surface area contributed by atoms with Gasteiger partial charge in [-0.3, -0.25) is 9.78 Å². The lowest BCUT2D eigenvalue weighted by atomic mass is 10.4. The highest BCUT2D eigenvalue weighted by molar-refractivity contribution is 9.13. The predicted octanol–water partition coefficient (Wildman–Crippen LogP) is 2.99. The van der Waals surface area contributed by atoms with E-state index in [-0.39, 0.29) is 5.69 Å². The van der Waals surface area contributed by atoms with Crippen LogP contribution in [0.2, 0.25) is 0 Å². The molecule has 5 heteroatoms. The lowest BCUT2D eigenvalue weighted by Crippen LogP contribution is -1.94. The minimum Gasteiger partial charge on any atom is -0.274 e. The van der Waals surface area contributed by atoms with Crippen LogP contribution in [0, 0.1) is 0 Å². The molecule has 0 bridgehead atoms. The van der Waals surface area contributed by atoms with Crippen LogP contribution in [0.5, 0.6) is 0 Å². The first-order valence-corrected chi connectivity index (χ1v) is 4.59. The van der Waals surface area contributed by atoms with Gasteiger partial charge in [0, 0.05) is 10.7 Å². The number of carbonyl (C=O) groups excluding carboxylic acids is 1. The highest BCUT2D eigenvalue weighted by atomic mass is 79.9. The summed E-state index contributed by atoms with van der Waals surface area (Å²) in [5.74, 6) is 0. The van der Waals surface area contributed by atoms with Gasteiger partial charge in [0.2, 0.25) is 0 Å². The molecule has 2 nitrogen and oxygen atoms in total. The molecule has 58 valence electrons. The summed E-state index contributed by atoms with van der Waals surface area (Å²) < 4.78 is 1.34. The smallest absolute Gasteiger partial charge is 0.272 e. The van der Waals surface area contributed by atoms with Crippen LogP contribution in [-0.4, -0.2) is 10.2 Å². The third kappa shape index (κ3) is 2.01.